The minimum absolute atomic E-state index is 0.176. The molecule has 4 atom stereocenters. The van der Waals surface area contributed by atoms with E-state index in [2.05, 4.69) is 9.46 Å². The quantitative estimate of drug-likeness (QED) is 0.634. The molecule has 4 rings (SSSR count). The maximum atomic E-state index is 12.7. The van der Waals surface area contributed by atoms with Gasteiger partial charge >= 0.3 is 5.97 Å². The molecule has 0 bridgehead atoms. The smallest absolute Gasteiger partial charge is 0.343 e. The zero-order valence-electron chi connectivity index (χ0n) is 16.4. The monoisotopic (exact) mass is 433 g/mol. The molecule has 4 unspecified atom stereocenters. The van der Waals surface area contributed by atoms with Gasteiger partial charge in [0.25, 0.3) is 0 Å². The third-order valence-electron chi connectivity index (χ3n) is 5.40. The van der Waals surface area contributed by atoms with Crippen LogP contribution in [-0.4, -0.2) is 51.5 Å². The summed E-state index contributed by atoms with van der Waals surface area (Å²) < 4.78 is 44.2. The number of hydrogen-bond donors (Lipinski definition) is 2. The largest absolute Gasteiger partial charge is 0.485 e. The van der Waals surface area contributed by atoms with Crippen LogP contribution in [0.4, 0.5) is 0 Å². The lowest BCUT2D eigenvalue weighted by atomic mass is 9.94. The van der Waals surface area contributed by atoms with Gasteiger partial charge in [-0.15, -0.1) is 0 Å². The van der Waals surface area contributed by atoms with E-state index in [1.54, 1.807) is 36.4 Å². The highest BCUT2D eigenvalue weighted by molar-refractivity contribution is 7.88. The van der Waals surface area contributed by atoms with E-state index in [1.165, 1.54) is 7.11 Å². The van der Waals surface area contributed by atoms with E-state index in [1.807, 2.05) is 12.1 Å². The lowest BCUT2D eigenvalue weighted by Crippen LogP contribution is -2.43. The van der Waals surface area contributed by atoms with Crippen LogP contribution in [0.2, 0.25) is 0 Å². The summed E-state index contributed by atoms with van der Waals surface area (Å²) in [6.07, 6.45) is -0.977. The molecule has 30 heavy (non-hydrogen) atoms. The average molecular weight is 433 g/mol. The highest BCUT2D eigenvalue weighted by Crippen LogP contribution is 2.51. The van der Waals surface area contributed by atoms with Crippen LogP contribution >= 0.6 is 0 Å². The van der Waals surface area contributed by atoms with Crippen LogP contribution in [-0.2, 0) is 25.3 Å². The Bertz CT molecular complexity index is 1020. The Morgan fingerprint density at radius 3 is 2.70 bits per heavy atom. The van der Waals surface area contributed by atoms with Crippen molar-refractivity contribution >= 4 is 16.0 Å². The lowest BCUT2D eigenvalue weighted by molar-refractivity contribution is -0.142. The van der Waals surface area contributed by atoms with Crippen molar-refractivity contribution in [3.05, 3.63) is 59.7 Å². The number of fused-ring (bicyclic) bond motifs is 3. The predicted molar refractivity (Wildman–Crippen MR) is 108 cm³/mol. The second-order valence-corrected chi connectivity index (χ2v) is 9.17. The van der Waals surface area contributed by atoms with E-state index in [4.69, 9.17) is 9.47 Å². The van der Waals surface area contributed by atoms with Gasteiger partial charge in [-0.1, -0.05) is 42.5 Å². The van der Waals surface area contributed by atoms with Crippen molar-refractivity contribution in [1.82, 2.24) is 4.72 Å². The molecule has 0 amide bonds. The molecule has 1 saturated carbocycles. The summed E-state index contributed by atoms with van der Waals surface area (Å²) in [7, 11) is -2.41. The zero-order chi connectivity index (χ0) is 21.3. The molecule has 0 spiro atoms. The molecule has 0 radical (unpaired) electrons. The number of methoxy groups -OCH3 is 1. The number of benzene rings is 2. The van der Waals surface area contributed by atoms with Crippen LogP contribution in [0.15, 0.2) is 48.5 Å². The van der Waals surface area contributed by atoms with E-state index >= 15 is 0 Å². The third-order valence-corrected chi connectivity index (χ3v) is 6.75. The van der Waals surface area contributed by atoms with Crippen molar-refractivity contribution in [2.75, 3.05) is 13.7 Å². The fourth-order valence-corrected chi connectivity index (χ4v) is 5.53. The number of carbonyl (C=O) groups is 1. The van der Waals surface area contributed by atoms with Crippen molar-refractivity contribution in [3.8, 4) is 11.5 Å². The Hall–Kier alpha value is -2.62. The molecule has 1 heterocycles. The van der Waals surface area contributed by atoms with Gasteiger partial charge in [-0.05, 0) is 11.6 Å². The Labute approximate surface area is 174 Å². The number of nitrogens with one attached hydrogen (secondary N) is 1. The van der Waals surface area contributed by atoms with Gasteiger partial charge in [0.05, 0.1) is 25.0 Å². The summed E-state index contributed by atoms with van der Waals surface area (Å²) in [5.74, 6) is -0.206. The summed E-state index contributed by atoms with van der Waals surface area (Å²) in [5, 5.41) is 10.5. The van der Waals surface area contributed by atoms with Crippen LogP contribution in [0.25, 0.3) is 0 Å². The van der Waals surface area contributed by atoms with Crippen LogP contribution < -0.4 is 14.2 Å². The van der Waals surface area contributed by atoms with E-state index < -0.39 is 28.1 Å². The molecule has 9 heteroatoms. The van der Waals surface area contributed by atoms with Crippen LogP contribution in [0.5, 0.6) is 11.5 Å². The minimum Gasteiger partial charge on any atom is -0.485 e. The Morgan fingerprint density at radius 2 is 1.97 bits per heavy atom. The number of esters is 1. The predicted octanol–water partition coefficient (Wildman–Crippen LogP) is 1.34. The Balaban J connectivity index is 1.55. The number of carbonyl (C=O) groups excluding carboxylic acids is 1. The second kappa shape index (κ2) is 8.25. The van der Waals surface area contributed by atoms with Crippen molar-refractivity contribution in [1.29, 1.82) is 0 Å². The number of para-hydroxylation sites is 1. The molecule has 8 nitrogen and oxygen atoms in total. The minimum atomic E-state index is -3.69. The van der Waals surface area contributed by atoms with Gasteiger partial charge in [0.1, 0.15) is 6.10 Å². The summed E-state index contributed by atoms with van der Waals surface area (Å²) in [5.41, 5.74) is 1.40. The van der Waals surface area contributed by atoms with Gasteiger partial charge in [-0.25, -0.2) is 17.9 Å². The van der Waals surface area contributed by atoms with E-state index in [9.17, 15) is 18.3 Å². The highest BCUT2D eigenvalue weighted by atomic mass is 32.2. The molecular formula is C21H23NO7S. The first-order chi connectivity index (χ1) is 14.4. The molecule has 0 saturated heterocycles. The van der Waals surface area contributed by atoms with E-state index in [0.717, 1.165) is 5.56 Å². The average Bonchev–Trinajstić information content (AvgIpc) is 3.22. The van der Waals surface area contributed by atoms with Crippen LogP contribution in [0.1, 0.15) is 23.5 Å². The standard InChI is InChI=1S/C21H23NO7S/c1-27-18(24)11-28-16-9-5-8-14-19-17(29-21(14)16)10-15(23)20(19)22-30(25,26)12-13-6-3-2-4-7-13/h2-9,15,17,19-20,22-23H,10-12H2,1H3. The maximum absolute atomic E-state index is 12.7. The normalized spacial score (nSPS) is 24.6. The van der Waals surface area contributed by atoms with Gasteiger partial charge in [0, 0.05) is 17.9 Å². The Morgan fingerprint density at radius 1 is 1.20 bits per heavy atom. The molecule has 2 N–H and O–H groups in total. The molecule has 2 aromatic carbocycles. The molecule has 160 valence electrons. The molecular weight excluding hydrogens is 410 g/mol. The summed E-state index contributed by atoms with van der Waals surface area (Å²) in [6, 6.07) is 13.4. The SMILES string of the molecule is COC(=O)COc1cccc2c1OC1CC(O)C(NS(=O)(=O)Cc3ccccc3)C21. The van der Waals surface area contributed by atoms with Crippen molar-refractivity contribution < 1.29 is 32.5 Å². The fraction of sp³-hybridized carbons (Fsp3) is 0.381. The molecule has 2 aromatic rings. The number of hydrogen-bond acceptors (Lipinski definition) is 7. The first kappa shape index (κ1) is 20.6. The Kier molecular flexibility index (Phi) is 5.68. The first-order valence-corrected chi connectivity index (χ1v) is 11.2. The second-order valence-electron chi connectivity index (χ2n) is 7.41. The topological polar surface area (TPSA) is 111 Å². The number of aliphatic hydroxyl groups excluding tert-OH is 1. The van der Waals surface area contributed by atoms with Gasteiger partial charge in [-0.2, -0.15) is 0 Å². The first-order valence-electron chi connectivity index (χ1n) is 9.59. The number of sulfonamides is 1. The summed E-state index contributed by atoms with van der Waals surface area (Å²) >= 11 is 0. The third kappa shape index (κ3) is 4.14. The highest BCUT2D eigenvalue weighted by Gasteiger charge is 2.51. The van der Waals surface area contributed by atoms with Gasteiger partial charge in [0.2, 0.25) is 10.0 Å². The van der Waals surface area contributed by atoms with Gasteiger partial charge in [-0.3, -0.25) is 0 Å². The van der Waals surface area contributed by atoms with Gasteiger partial charge in [0.15, 0.2) is 18.1 Å². The molecule has 1 aliphatic heterocycles. The van der Waals surface area contributed by atoms with E-state index in [0.29, 0.717) is 17.1 Å². The van der Waals surface area contributed by atoms with Crippen molar-refractivity contribution in [2.24, 2.45) is 0 Å². The molecule has 1 fully saturated rings. The van der Waals surface area contributed by atoms with E-state index in [-0.39, 0.29) is 30.8 Å². The number of ether oxygens (including phenoxy) is 3. The maximum Gasteiger partial charge on any atom is 0.343 e. The zero-order valence-corrected chi connectivity index (χ0v) is 17.2. The van der Waals surface area contributed by atoms with Crippen molar-refractivity contribution in [3.63, 3.8) is 0 Å². The molecule has 0 aromatic heterocycles. The number of rotatable bonds is 7. The summed E-state index contributed by atoms with van der Waals surface area (Å²) in [6.45, 7) is -0.262. The van der Waals surface area contributed by atoms with Crippen molar-refractivity contribution in [2.45, 2.75) is 36.3 Å². The van der Waals surface area contributed by atoms with Crippen LogP contribution in [0.3, 0.4) is 0 Å². The molecule has 1 aliphatic carbocycles. The van der Waals surface area contributed by atoms with Gasteiger partial charge < -0.3 is 19.3 Å². The molecule has 2 aliphatic rings. The number of aliphatic hydroxyl groups is 1. The summed E-state index contributed by atoms with van der Waals surface area (Å²) in [4.78, 5) is 11.4. The fourth-order valence-electron chi connectivity index (χ4n) is 4.09. The van der Waals surface area contributed by atoms with Crippen LogP contribution in [0, 0.1) is 0 Å². The lowest BCUT2D eigenvalue weighted by Gasteiger charge is -2.22.